The predicted octanol–water partition coefficient (Wildman–Crippen LogP) is 1.96. The minimum absolute atomic E-state index is 0.191. The molecule has 0 heterocycles. The number of methoxy groups -OCH3 is 2. The lowest BCUT2D eigenvalue weighted by Crippen LogP contribution is -2.21. The zero-order valence-electron chi connectivity index (χ0n) is 9.46. The standard InChI is InChI=1S/C12H17NO2/c1-8-4-5-9(14-2)11(15-3)10(8)12(13)6-7-12/h4-5H,6-7,13H2,1-3H3. The number of rotatable bonds is 3. The molecule has 0 spiro atoms. The van der Waals surface area contributed by atoms with Crippen LogP contribution in [0.5, 0.6) is 11.5 Å². The molecule has 0 bridgehead atoms. The zero-order chi connectivity index (χ0) is 11.1. The number of hydrogen-bond donors (Lipinski definition) is 1. The Morgan fingerprint density at radius 2 is 1.87 bits per heavy atom. The van der Waals surface area contributed by atoms with E-state index in [0.29, 0.717) is 0 Å². The molecule has 15 heavy (non-hydrogen) atoms. The van der Waals surface area contributed by atoms with Crippen LogP contribution < -0.4 is 15.2 Å². The Morgan fingerprint density at radius 1 is 1.20 bits per heavy atom. The van der Waals surface area contributed by atoms with Gasteiger partial charge in [-0.15, -0.1) is 0 Å². The summed E-state index contributed by atoms with van der Waals surface area (Å²) in [6.07, 6.45) is 2.05. The van der Waals surface area contributed by atoms with Gasteiger partial charge in [0.15, 0.2) is 11.5 Å². The Labute approximate surface area is 90.2 Å². The smallest absolute Gasteiger partial charge is 0.166 e. The summed E-state index contributed by atoms with van der Waals surface area (Å²) < 4.78 is 10.7. The van der Waals surface area contributed by atoms with E-state index in [0.717, 1.165) is 29.9 Å². The zero-order valence-corrected chi connectivity index (χ0v) is 9.46. The van der Waals surface area contributed by atoms with Gasteiger partial charge in [-0.25, -0.2) is 0 Å². The summed E-state index contributed by atoms with van der Waals surface area (Å²) in [4.78, 5) is 0. The highest BCUT2D eigenvalue weighted by molar-refractivity contribution is 5.55. The normalized spacial score (nSPS) is 17.3. The highest BCUT2D eigenvalue weighted by atomic mass is 16.5. The Morgan fingerprint density at radius 3 is 2.33 bits per heavy atom. The Hall–Kier alpha value is -1.22. The van der Waals surface area contributed by atoms with Crippen LogP contribution in [0, 0.1) is 6.92 Å². The number of aryl methyl sites for hydroxylation is 1. The maximum atomic E-state index is 6.23. The monoisotopic (exact) mass is 207 g/mol. The van der Waals surface area contributed by atoms with Crippen LogP contribution in [0.25, 0.3) is 0 Å². The van der Waals surface area contributed by atoms with Crippen LogP contribution in [0.4, 0.5) is 0 Å². The first-order valence-corrected chi connectivity index (χ1v) is 5.13. The fourth-order valence-corrected chi connectivity index (χ4v) is 2.03. The van der Waals surface area contributed by atoms with Crippen LogP contribution in [-0.2, 0) is 5.54 Å². The summed E-state index contributed by atoms with van der Waals surface area (Å²) >= 11 is 0. The van der Waals surface area contributed by atoms with Crippen molar-refractivity contribution in [3.8, 4) is 11.5 Å². The van der Waals surface area contributed by atoms with Crippen molar-refractivity contribution >= 4 is 0 Å². The van der Waals surface area contributed by atoms with E-state index in [1.165, 1.54) is 5.56 Å². The molecule has 0 amide bonds. The van der Waals surface area contributed by atoms with Crippen LogP contribution in [0.2, 0.25) is 0 Å². The van der Waals surface area contributed by atoms with Gasteiger partial charge < -0.3 is 15.2 Å². The second kappa shape index (κ2) is 3.42. The van der Waals surface area contributed by atoms with Crippen LogP contribution >= 0.6 is 0 Å². The summed E-state index contributed by atoms with van der Waals surface area (Å²) in [6, 6.07) is 3.95. The molecule has 0 atom stereocenters. The molecule has 0 radical (unpaired) electrons. The average Bonchev–Trinajstić information content (AvgIpc) is 2.96. The second-order valence-electron chi connectivity index (χ2n) is 4.15. The van der Waals surface area contributed by atoms with E-state index >= 15 is 0 Å². The van der Waals surface area contributed by atoms with Crippen molar-refractivity contribution < 1.29 is 9.47 Å². The average molecular weight is 207 g/mol. The van der Waals surface area contributed by atoms with Crippen molar-refractivity contribution in [2.24, 2.45) is 5.73 Å². The lowest BCUT2D eigenvalue weighted by molar-refractivity contribution is 0.348. The molecule has 1 fully saturated rings. The first kappa shape index (κ1) is 10.3. The second-order valence-corrected chi connectivity index (χ2v) is 4.15. The Kier molecular flexibility index (Phi) is 2.35. The SMILES string of the molecule is COc1ccc(C)c(C2(N)CC2)c1OC. The molecule has 0 aliphatic heterocycles. The van der Waals surface area contributed by atoms with Gasteiger partial charge in [0.1, 0.15) is 0 Å². The molecular weight excluding hydrogens is 190 g/mol. The molecule has 0 unspecified atom stereocenters. The molecule has 1 aliphatic carbocycles. The number of nitrogens with two attached hydrogens (primary N) is 1. The summed E-state index contributed by atoms with van der Waals surface area (Å²) in [6.45, 7) is 2.06. The summed E-state index contributed by atoms with van der Waals surface area (Å²) in [5, 5.41) is 0. The molecule has 82 valence electrons. The quantitative estimate of drug-likeness (QED) is 0.824. The van der Waals surface area contributed by atoms with E-state index < -0.39 is 0 Å². The number of benzene rings is 1. The van der Waals surface area contributed by atoms with Crippen LogP contribution in [0.3, 0.4) is 0 Å². The van der Waals surface area contributed by atoms with E-state index in [-0.39, 0.29) is 5.54 Å². The van der Waals surface area contributed by atoms with E-state index in [4.69, 9.17) is 15.2 Å². The van der Waals surface area contributed by atoms with Crippen molar-refractivity contribution in [3.63, 3.8) is 0 Å². The molecular formula is C12H17NO2. The van der Waals surface area contributed by atoms with Gasteiger partial charge in [0, 0.05) is 11.1 Å². The molecule has 0 aromatic heterocycles. The van der Waals surface area contributed by atoms with Crippen LogP contribution in [-0.4, -0.2) is 14.2 Å². The highest BCUT2D eigenvalue weighted by Crippen LogP contribution is 2.50. The third kappa shape index (κ3) is 1.57. The van der Waals surface area contributed by atoms with Gasteiger partial charge in [-0.2, -0.15) is 0 Å². The number of hydrogen-bond acceptors (Lipinski definition) is 3. The molecule has 1 aromatic rings. The fourth-order valence-electron chi connectivity index (χ4n) is 2.03. The van der Waals surface area contributed by atoms with Gasteiger partial charge in [-0.05, 0) is 31.4 Å². The van der Waals surface area contributed by atoms with Crippen molar-refractivity contribution in [2.75, 3.05) is 14.2 Å². The minimum atomic E-state index is -0.191. The largest absolute Gasteiger partial charge is 0.493 e. The van der Waals surface area contributed by atoms with Crippen molar-refractivity contribution in [1.29, 1.82) is 0 Å². The Bertz CT molecular complexity index is 383. The van der Waals surface area contributed by atoms with Gasteiger partial charge in [-0.3, -0.25) is 0 Å². The van der Waals surface area contributed by atoms with Crippen molar-refractivity contribution in [2.45, 2.75) is 25.3 Å². The van der Waals surface area contributed by atoms with Gasteiger partial charge in [0.2, 0.25) is 0 Å². The molecule has 1 aliphatic rings. The van der Waals surface area contributed by atoms with Crippen LogP contribution in [0.15, 0.2) is 12.1 Å². The minimum Gasteiger partial charge on any atom is -0.493 e. The Balaban J connectivity index is 2.59. The summed E-state index contributed by atoms with van der Waals surface area (Å²) in [7, 11) is 3.31. The van der Waals surface area contributed by atoms with Gasteiger partial charge >= 0.3 is 0 Å². The third-order valence-electron chi connectivity index (χ3n) is 3.04. The van der Waals surface area contributed by atoms with Crippen LogP contribution in [0.1, 0.15) is 24.0 Å². The summed E-state index contributed by atoms with van der Waals surface area (Å²) in [5.41, 5.74) is 8.32. The van der Waals surface area contributed by atoms with Gasteiger partial charge in [0.05, 0.1) is 14.2 Å². The highest BCUT2D eigenvalue weighted by Gasteiger charge is 2.44. The van der Waals surface area contributed by atoms with E-state index in [1.54, 1.807) is 14.2 Å². The van der Waals surface area contributed by atoms with E-state index in [1.807, 2.05) is 12.1 Å². The molecule has 1 saturated carbocycles. The first-order chi connectivity index (χ1) is 7.12. The van der Waals surface area contributed by atoms with E-state index in [2.05, 4.69) is 6.92 Å². The molecule has 3 nitrogen and oxygen atoms in total. The molecule has 3 heteroatoms. The molecule has 1 aromatic carbocycles. The van der Waals surface area contributed by atoms with E-state index in [9.17, 15) is 0 Å². The summed E-state index contributed by atoms with van der Waals surface area (Å²) in [5.74, 6) is 1.55. The third-order valence-corrected chi connectivity index (χ3v) is 3.04. The lowest BCUT2D eigenvalue weighted by atomic mass is 9.98. The molecule has 2 rings (SSSR count). The lowest BCUT2D eigenvalue weighted by Gasteiger charge is -2.19. The first-order valence-electron chi connectivity index (χ1n) is 5.13. The molecule has 2 N–H and O–H groups in total. The fraction of sp³-hybridized carbons (Fsp3) is 0.500. The van der Waals surface area contributed by atoms with Gasteiger partial charge in [0.25, 0.3) is 0 Å². The van der Waals surface area contributed by atoms with Gasteiger partial charge in [-0.1, -0.05) is 6.07 Å². The number of ether oxygens (including phenoxy) is 2. The molecule has 0 saturated heterocycles. The predicted molar refractivity (Wildman–Crippen MR) is 59.4 cm³/mol. The van der Waals surface area contributed by atoms with Crippen molar-refractivity contribution in [3.05, 3.63) is 23.3 Å². The topological polar surface area (TPSA) is 44.5 Å². The maximum Gasteiger partial charge on any atom is 0.166 e. The maximum absolute atomic E-state index is 6.23. The van der Waals surface area contributed by atoms with Crippen molar-refractivity contribution in [1.82, 2.24) is 0 Å².